The van der Waals surface area contributed by atoms with Gasteiger partial charge in [-0.05, 0) is 5.92 Å². The maximum Gasteiger partial charge on any atom is 0.168 e. The monoisotopic (exact) mass is 270 g/mol. The van der Waals surface area contributed by atoms with E-state index in [1.807, 2.05) is 6.92 Å². The van der Waals surface area contributed by atoms with Gasteiger partial charge in [0, 0.05) is 18.1 Å². The molecule has 0 fully saturated rings. The Morgan fingerprint density at radius 1 is 1.50 bits per heavy atom. The molecule has 18 heavy (non-hydrogen) atoms. The zero-order valence-electron chi connectivity index (χ0n) is 10.4. The first-order valence-electron chi connectivity index (χ1n) is 5.78. The van der Waals surface area contributed by atoms with Crippen LogP contribution >= 0.6 is 11.6 Å². The Labute approximate surface area is 111 Å². The van der Waals surface area contributed by atoms with Crippen LogP contribution in [0.1, 0.15) is 24.8 Å². The van der Waals surface area contributed by atoms with Crippen LogP contribution in [0.5, 0.6) is 17.2 Å². The number of methoxy groups -OCH3 is 1. The number of ether oxygens (including phenoxy) is 3. The fraction of sp³-hybridized carbons (Fsp3) is 0.462. The van der Waals surface area contributed by atoms with Crippen molar-refractivity contribution in [1.82, 2.24) is 0 Å². The van der Waals surface area contributed by atoms with E-state index in [-0.39, 0.29) is 5.92 Å². The Kier molecular flexibility index (Phi) is 3.97. The molecule has 1 aliphatic heterocycles. The first kappa shape index (κ1) is 13.0. The van der Waals surface area contributed by atoms with Gasteiger partial charge in [-0.25, -0.2) is 0 Å². The van der Waals surface area contributed by atoms with Crippen LogP contribution in [0.15, 0.2) is 6.07 Å². The third-order valence-electron chi connectivity index (χ3n) is 2.92. The molecule has 0 saturated carbocycles. The minimum atomic E-state index is -0.0356. The van der Waals surface area contributed by atoms with Crippen molar-refractivity contribution < 1.29 is 19.0 Å². The quantitative estimate of drug-likeness (QED) is 0.789. The van der Waals surface area contributed by atoms with Crippen LogP contribution in [0.2, 0.25) is 5.02 Å². The summed E-state index contributed by atoms with van der Waals surface area (Å²) < 4.78 is 16.5. The second kappa shape index (κ2) is 5.48. The van der Waals surface area contributed by atoms with Crippen LogP contribution in [0.25, 0.3) is 0 Å². The number of hydrogen-bond acceptors (Lipinski definition) is 4. The zero-order valence-corrected chi connectivity index (χ0v) is 11.1. The molecule has 1 aromatic carbocycles. The molecular weight excluding hydrogens is 256 g/mol. The number of carbonyl (C=O) groups excluding carboxylic acids is 1. The van der Waals surface area contributed by atoms with Crippen LogP contribution in [-0.2, 0) is 4.79 Å². The molecule has 0 radical (unpaired) electrons. The van der Waals surface area contributed by atoms with Crippen molar-refractivity contribution in [2.45, 2.75) is 19.3 Å². The summed E-state index contributed by atoms with van der Waals surface area (Å²) in [5, 5.41) is 0.467. The van der Waals surface area contributed by atoms with E-state index in [1.54, 1.807) is 13.2 Å². The van der Waals surface area contributed by atoms with Crippen molar-refractivity contribution in [3.63, 3.8) is 0 Å². The van der Waals surface area contributed by atoms with Gasteiger partial charge >= 0.3 is 0 Å². The number of halogens is 1. The molecule has 0 bridgehead atoms. The van der Waals surface area contributed by atoms with Gasteiger partial charge in [0.2, 0.25) is 0 Å². The van der Waals surface area contributed by atoms with Crippen molar-refractivity contribution >= 4 is 17.9 Å². The predicted molar refractivity (Wildman–Crippen MR) is 68.1 cm³/mol. The largest absolute Gasteiger partial charge is 0.495 e. The topological polar surface area (TPSA) is 44.8 Å². The normalized spacial score (nSPS) is 15.1. The lowest BCUT2D eigenvalue weighted by Gasteiger charge is -2.25. The van der Waals surface area contributed by atoms with Gasteiger partial charge in [0.1, 0.15) is 25.2 Å². The van der Waals surface area contributed by atoms with E-state index in [1.165, 1.54) is 0 Å². The molecule has 1 unspecified atom stereocenters. The third-order valence-corrected chi connectivity index (χ3v) is 3.20. The van der Waals surface area contributed by atoms with E-state index in [0.29, 0.717) is 41.9 Å². The molecule has 0 N–H and O–H groups in total. The Balaban J connectivity index is 2.57. The van der Waals surface area contributed by atoms with Crippen LogP contribution in [-0.4, -0.2) is 26.6 Å². The van der Waals surface area contributed by atoms with Crippen molar-refractivity contribution in [3.8, 4) is 17.2 Å². The summed E-state index contributed by atoms with van der Waals surface area (Å²) >= 11 is 6.16. The summed E-state index contributed by atoms with van der Waals surface area (Å²) in [7, 11) is 1.55. The molecule has 1 atom stereocenters. The number of hydrogen-bond donors (Lipinski definition) is 0. The first-order chi connectivity index (χ1) is 8.69. The van der Waals surface area contributed by atoms with Gasteiger partial charge in [0.25, 0.3) is 0 Å². The Hall–Kier alpha value is -1.42. The number of fused-ring (bicyclic) bond motifs is 1. The lowest BCUT2D eigenvalue weighted by Crippen LogP contribution is -2.18. The van der Waals surface area contributed by atoms with Gasteiger partial charge in [-0.2, -0.15) is 0 Å². The van der Waals surface area contributed by atoms with Crippen LogP contribution < -0.4 is 14.2 Å². The summed E-state index contributed by atoms with van der Waals surface area (Å²) in [4.78, 5) is 10.7. The van der Waals surface area contributed by atoms with Crippen molar-refractivity contribution in [2.75, 3.05) is 20.3 Å². The molecule has 0 spiro atoms. The smallest absolute Gasteiger partial charge is 0.168 e. The van der Waals surface area contributed by atoms with Crippen LogP contribution in [0.4, 0.5) is 0 Å². The molecule has 1 heterocycles. The predicted octanol–water partition coefficient (Wildman–Crippen LogP) is 2.81. The Morgan fingerprint density at radius 2 is 2.22 bits per heavy atom. The first-order valence-corrected chi connectivity index (χ1v) is 6.16. The van der Waals surface area contributed by atoms with E-state index < -0.39 is 0 Å². The summed E-state index contributed by atoms with van der Waals surface area (Å²) in [6.07, 6.45) is 1.26. The number of rotatable bonds is 4. The highest BCUT2D eigenvalue weighted by Gasteiger charge is 2.26. The minimum Gasteiger partial charge on any atom is -0.495 e. The fourth-order valence-corrected chi connectivity index (χ4v) is 2.36. The van der Waals surface area contributed by atoms with E-state index in [2.05, 4.69) is 0 Å². The molecule has 0 amide bonds. The molecule has 1 aromatic rings. The van der Waals surface area contributed by atoms with E-state index in [9.17, 15) is 4.79 Å². The highest BCUT2D eigenvalue weighted by molar-refractivity contribution is 6.32. The maximum atomic E-state index is 10.7. The van der Waals surface area contributed by atoms with E-state index in [0.717, 1.165) is 11.8 Å². The molecule has 0 aromatic heterocycles. The lowest BCUT2D eigenvalue weighted by molar-refractivity contribution is -0.108. The van der Waals surface area contributed by atoms with Crippen molar-refractivity contribution in [2.24, 2.45) is 0 Å². The average Bonchev–Trinajstić information content (AvgIpc) is 2.37. The van der Waals surface area contributed by atoms with Crippen molar-refractivity contribution in [3.05, 3.63) is 16.7 Å². The van der Waals surface area contributed by atoms with Crippen LogP contribution in [0, 0.1) is 0 Å². The van der Waals surface area contributed by atoms with Gasteiger partial charge in [0.05, 0.1) is 12.1 Å². The second-order valence-electron chi connectivity index (χ2n) is 4.13. The summed E-state index contributed by atoms with van der Waals surface area (Å²) in [6.45, 7) is 2.91. The maximum absolute atomic E-state index is 10.7. The number of benzene rings is 1. The molecule has 0 saturated heterocycles. The zero-order chi connectivity index (χ0) is 13.1. The van der Waals surface area contributed by atoms with Crippen LogP contribution in [0.3, 0.4) is 0 Å². The molecule has 98 valence electrons. The third kappa shape index (κ3) is 2.25. The van der Waals surface area contributed by atoms with E-state index >= 15 is 0 Å². The van der Waals surface area contributed by atoms with E-state index in [4.69, 9.17) is 25.8 Å². The fourth-order valence-electron chi connectivity index (χ4n) is 2.08. The highest BCUT2D eigenvalue weighted by Crippen LogP contribution is 2.48. The lowest BCUT2D eigenvalue weighted by atomic mass is 9.95. The second-order valence-corrected chi connectivity index (χ2v) is 4.54. The molecule has 4 nitrogen and oxygen atoms in total. The van der Waals surface area contributed by atoms with Gasteiger partial charge in [0.15, 0.2) is 11.5 Å². The molecule has 0 aliphatic carbocycles. The summed E-state index contributed by atoms with van der Waals surface area (Å²) in [5.41, 5.74) is 0.798. The van der Waals surface area contributed by atoms with Gasteiger partial charge in [-0.3, -0.25) is 0 Å². The number of carbonyl (C=O) groups is 1. The standard InChI is InChI=1S/C13H15ClO4/c1-8(3-4-15)11-12(16-2)9(14)7-10-13(11)18-6-5-17-10/h4,7-8H,3,5-6H2,1-2H3. The number of aldehydes is 1. The summed E-state index contributed by atoms with van der Waals surface area (Å²) in [5.74, 6) is 1.76. The summed E-state index contributed by atoms with van der Waals surface area (Å²) in [6, 6.07) is 1.69. The highest BCUT2D eigenvalue weighted by atomic mass is 35.5. The minimum absolute atomic E-state index is 0.0356. The molecule has 2 rings (SSSR count). The molecule has 1 aliphatic rings. The Morgan fingerprint density at radius 3 is 2.89 bits per heavy atom. The molecule has 5 heteroatoms. The molecular formula is C13H15ClO4. The Bertz CT molecular complexity index is 459. The van der Waals surface area contributed by atoms with Crippen molar-refractivity contribution in [1.29, 1.82) is 0 Å². The van der Waals surface area contributed by atoms with Gasteiger partial charge in [-0.15, -0.1) is 0 Å². The SMILES string of the molecule is COc1c(Cl)cc2c(c1C(C)CC=O)OCCO2. The van der Waals surface area contributed by atoms with Gasteiger partial charge in [-0.1, -0.05) is 18.5 Å². The average molecular weight is 271 g/mol. The van der Waals surface area contributed by atoms with Gasteiger partial charge < -0.3 is 19.0 Å².